The van der Waals surface area contributed by atoms with Gasteiger partial charge in [-0.15, -0.1) is 0 Å². The van der Waals surface area contributed by atoms with Gasteiger partial charge in [0.25, 0.3) is 0 Å². The number of hydrazine groups is 1. The number of aryl methyl sites for hydroxylation is 1. The molecule has 0 aromatic heterocycles. The van der Waals surface area contributed by atoms with Crippen molar-refractivity contribution in [1.29, 1.82) is 0 Å². The Morgan fingerprint density at radius 1 is 1.47 bits per heavy atom. The summed E-state index contributed by atoms with van der Waals surface area (Å²) in [7, 11) is 3.24. The number of amides is 1. The van der Waals surface area contributed by atoms with E-state index >= 15 is 0 Å². The normalized spacial score (nSPS) is 16.5. The second-order valence-electron chi connectivity index (χ2n) is 4.68. The molecule has 1 aromatic rings. The van der Waals surface area contributed by atoms with Crippen LogP contribution in [0.25, 0.3) is 0 Å². The topological polar surface area (TPSA) is 55.6 Å². The van der Waals surface area contributed by atoms with Crippen LogP contribution in [0.4, 0.5) is 0 Å². The van der Waals surface area contributed by atoms with Crippen LogP contribution >= 0.6 is 0 Å². The van der Waals surface area contributed by atoms with Crippen molar-refractivity contribution in [2.24, 2.45) is 5.84 Å². The van der Waals surface area contributed by atoms with Gasteiger partial charge in [-0.1, -0.05) is 12.1 Å². The summed E-state index contributed by atoms with van der Waals surface area (Å²) in [6, 6.07) is 5.89. The quantitative estimate of drug-likeness (QED) is 0.488. The highest BCUT2D eigenvalue weighted by Gasteiger charge is 2.52. The molecule has 2 N–H and O–H groups in total. The second kappa shape index (κ2) is 4.04. The van der Waals surface area contributed by atoms with Gasteiger partial charge in [-0.2, -0.15) is 0 Å². The summed E-state index contributed by atoms with van der Waals surface area (Å²) in [4.78, 5) is 12.1. The number of carbonyl (C=O) groups is 1. The first-order valence-electron chi connectivity index (χ1n) is 5.69. The highest BCUT2D eigenvalue weighted by molar-refractivity contribution is 5.90. The number of nitrogens with zero attached hydrogens (tertiary/aromatic N) is 1. The second-order valence-corrected chi connectivity index (χ2v) is 4.68. The van der Waals surface area contributed by atoms with Crippen LogP contribution in [0.2, 0.25) is 0 Å². The molecule has 0 heterocycles. The number of methoxy groups -OCH3 is 1. The largest absolute Gasteiger partial charge is 0.496 e. The SMILES string of the molecule is COc1ccc(C2(C(=O)N(C)N)CC2)cc1C. The predicted octanol–water partition coefficient (Wildman–Crippen LogP) is 1.37. The lowest BCUT2D eigenvalue weighted by atomic mass is 9.93. The number of hydrogen-bond acceptors (Lipinski definition) is 3. The van der Waals surface area contributed by atoms with E-state index in [-0.39, 0.29) is 11.3 Å². The first-order chi connectivity index (χ1) is 8.01. The maximum atomic E-state index is 12.1. The molecular weight excluding hydrogens is 216 g/mol. The Kier molecular flexibility index (Phi) is 2.83. The molecular formula is C13H18N2O2. The van der Waals surface area contributed by atoms with E-state index in [0.29, 0.717) is 0 Å². The molecule has 1 aromatic carbocycles. The zero-order chi connectivity index (χ0) is 12.6. The van der Waals surface area contributed by atoms with Crippen molar-refractivity contribution in [3.05, 3.63) is 29.3 Å². The summed E-state index contributed by atoms with van der Waals surface area (Å²) in [5.74, 6) is 6.39. The molecule has 0 saturated heterocycles. The van der Waals surface area contributed by atoms with Crippen LogP contribution in [0.15, 0.2) is 18.2 Å². The third-order valence-corrected chi connectivity index (χ3v) is 3.43. The van der Waals surface area contributed by atoms with Gasteiger partial charge in [0.1, 0.15) is 5.75 Å². The Balaban J connectivity index is 2.35. The molecule has 2 rings (SSSR count). The van der Waals surface area contributed by atoms with E-state index in [0.717, 1.165) is 29.7 Å². The van der Waals surface area contributed by atoms with Crippen molar-refractivity contribution in [3.8, 4) is 5.75 Å². The van der Waals surface area contributed by atoms with E-state index < -0.39 is 0 Å². The molecule has 1 amide bonds. The number of hydrogen-bond donors (Lipinski definition) is 1. The van der Waals surface area contributed by atoms with E-state index in [1.807, 2.05) is 25.1 Å². The van der Waals surface area contributed by atoms with Crippen molar-refractivity contribution < 1.29 is 9.53 Å². The molecule has 1 saturated carbocycles. The molecule has 0 aliphatic heterocycles. The van der Waals surface area contributed by atoms with Gasteiger partial charge >= 0.3 is 0 Å². The van der Waals surface area contributed by atoms with Gasteiger partial charge in [-0.25, -0.2) is 5.84 Å². The number of rotatable bonds is 3. The van der Waals surface area contributed by atoms with Gasteiger partial charge in [0, 0.05) is 7.05 Å². The third-order valence-electron chi connectivity index (χ3n) is 3.43. The fraction of sp³-hybridized carbons (Fsp3) is 0.462. The van der Waals surface area contributed by atoms with Crippen LogP contribution in [0, 0.1) is 6.92 Å². The minimum absolute atomic E-state index is 0.0120. The van der Waals surface area contributed by atoms with Crippen LogP contribution in [-0.4, -0.2) is 25.1 Å². The number of carbonyl (C=O) groups excluding carboxylic acids is 1. The lowest BCUT2D eigenvalue weighted by molar-refractivity contribution is -0.132. The number of likely N-dealkylation sites (N-methyl/N-ethyl adjacent to an activating group) is 1. The molecule has 92 valence electrons. The van der Waals surface area contributed by atoms with Crippen LogP contribution in [0.3, 0.4) is 0 Å². The summed E-state index contributed by atoms with van der Waals surface area (Å²) in [6.45, 7) is 1.98. The summed E-state index contributed by atoms with van der Waals surface area (Å²) >= 11 is 0. The molecule has 0 unspecified atom stereocenters. The standard InChI is InChI=1S/C13H18N2O2/c1-9-8-10(4-5-11(9)17-3)13(6-7-13)12(16)15(2)14/h4-5,8H,6-7,14H2,1-3H3. The van der Waals surface area contributed by atoms with Crippen LogP contribution in [-0.2, 0) is 10.2 Å². The molecule has 4 heteroatoms. The Bertz CT molecular complexity index is 451. The average molecular weight is 234 g/mol. The summed E-state index contributed by atoms with van der Waals surface area (Å²) in [6.07, 6.45) is 1.75. The Labute approximate surface area is 101 Å². The lowest BCUT2D eigenvalue weighted by Crippen LogP contribution is -2.41. The molecule has 1 fully saturated rings. The van der Waals surface area contributed by atoms with Crippen molar-refractivity contribution in [3.63, 3.8) is 0 Å². The smallest absolute Gasteiger partial charge is 0.246 e. The van der Waals surface area contributed by atoms with Gasteiger partial charge in [0.15, 0.2) is 0 Å². The summed E-state index contributed by atoms with van der Waals surface area (Å²) in [5, 5.41) is 1.19. The number of ether oxygens (including phenoxy) is 1. The Hall–Kier alpha value is -1.55. The minimum atomic E-state index is -0.388. The molecule has 0 bridgehead atoms. The maximum Gasteiger partial charge on any atom is 0.246 e. The number of benzene rings is 1. The van der Waals surface area contributed by atoms with Gasteiger partial charge in [0.2, 0.25) is 5.91 Å². The molecule has 0 atom stereocenters. The highest BCUT2D eigenvalue weighted by atomic mass is 16.5. The fourth-order valence-electron chi connectivity index (χ4n) is 2.26. The van der Waals surface area contributed by atoms with E-state index in [1.165, 1.54) is 5.01 Å². The van der Waals surface area contributed by atoms with Crippen LogP contribution < -0.4 is 10.6 Å². The predicted molar refractivity (Wildman–Crippen MR) is 65.6 cm³/mol. The van der Waals surface area contributed by atoms with Crippen molar-refractivity contribution in [2.45, 2.75) is 25.2 Å². The van der Waals surface area contributed by atoms with E-state index in [1.54, 1.807) is 14.2 Å². The maximum absolute atomic E-state index is 12.1. The first-order valence-corrected chi connectivity index (χ1v) is 5.69. The van der Waals surface area contributed by atoms with Gasteiger partial charge in [-0.05, 0) is 37.0 Å². The Morgan fingerprint density at radius 3 is 2.53 bits per heavy atom. The van der Waals surface area contributed by atoms with Gasteiger partial charge in [-0.3, -0.25) is 9.80 Å². The molecule has 4 nitrogen and oxygen atoms in total. The summed E-state index contributed by atoms with van der Waals surface area (Å²) < 4.78 is 5.22. The summed E-state index contributed by atoms with van der Waals surface area (Å²) in [5.41, 5.74) is 1.70. The molecule has 0 spiro atoms. The lowest BCUT2D eigenvalue weighted by Gasteiger charge is -2.20. The minimum Gasteiger partial charge on any atom is -0.496 e. The van der Waals surface area contributed by atoms with E-state index in [4.69, 9.17) is 10.6 Å². The molecule has 1 aliphatic rings. The average Bonchev–Trinajstić information content (AvgIpc) is 3.09. The van der Waals surface area contributed by atoms with Crippen molar-refractivity contribution in [1.82, 2.24) is 5.01 Å². The zero-order valence-electron chi connectivity index (χ0n) is 10.5. The van der Waals surface area contributed by atoms with Crippen molar-refractivity contribution in [2.75, 3.05) is 14.2 Å². The van der Waals surface area contributed by atoms with Crippen molar-refractivity contribution >= 4 is 5.91 Å². The van der Waals surface area contributed by atoms with Gasteiger partial charge in [0.05, 0.1) is 12.5 Å². The molecule has 17 heavy (non-hydrogen) atoms. The molecule has 0 radical (unpaired) electrons. The van der Waals surface area contributed by atoms with Crippen LogP contribution in [0.1, 0.15) is 24.0 Å². The zero-order valence-corrected chi connectivity index (χ0v) is 10.5. The van der Waals surface area contributed by atoms with E-state index in [9.17, 15) is 4.79 Å². The first kappa shape index (κ1) is 11.9. The fourth-order valence-corrected chi connectivity index (χ4v) is 2.26. The van der Waals surface area contributed by atoms with E-state index in [2.05, 4.69) is 0 Å². The Morgan fingerprint density at radius 2 is 2.12 bits per heavy atom. The van der Waals surface area contributed by atoms with Crippen LogP contribution in [0.5, 0.6) is 5.75 Å². The highest BCUT2D eigenvalue weighted by Crippen LogP contribution is 2.49. The monoisotopic (exact) mass is 234 g/mol. The van der Waals surface area contributed by atoms with Gasteiger partial charge < -0.3 is 4.74 Å². The third kappa shape index (κ3) is 1.89. The molecule has 1 aliphatic carbocycles. The number of nitrogens with two attached hydrogens (primary N) is 1.